The van der Waals surface area contributed by atoms with Gasteiger partial charge in [-0.25, -0.2) is 9.59 Å². The van der Waals surface area contributed by atoms with Crippen molar-refractivity contribution in [3.8, 4) is 11.5 Å². The maximum Gasteiger partial charge on any atom is 0.411 e. The second kappa shape index (κ2) is 4.34. The Labute approximate surface area is 108 Å². The van der Waals surface area contributed by atoms with Gasteiger partial charge in [0, 0.05) is 0 Å². The topological polar surface area (TPSA) is 85.3 Å². The van der Waals surface area contributed by atoms with E-state index in [1.165, 1.54) is 4.90 Å². The van der Waals surface area contributed by atoms with E-state index in [1.54, 1.807) is 18.2 Å². The largest absolute Gasteiger partial charge is 0.480 e. The molecule has 0 bridgehead atoms. The fourth-order valence-electron chi connectivity index (χ4n) is 2.07. The van der Waals surface area contributed by atoms with E-state index in [4.69, 9.17) is 19.3 Å². The van der Waals surface area contributed by atoms with Gasteiger partial charge in [-0.3, -0.25) is 4.90 Å². The van der Waals surface area contributed by atoms with E-state index in [-0.39, 0.29) is 19.9 Å². The first-order chi connectivity index (χ1) is 9.15. The Morgan fingerprint density at radius 2 is 2.11 bits per heavy atom. The number of nitrogens with zero attached hydrogens (tertiary/aromatic N) is 1. The van der Waals surface area contributed by atoms with Gasteiger partial charge >= 0.3 is 12.1 Å². The smallest absolute Gasteiger partial charge is 0.411 e. The zero-order chi connectivity index (χ0) is 13.4. The Morgan fingerprint density at radius 3 is 2.89 bits per heavy atom. The van der Waals surface area contributed by atoms with Crippen LogP contribution < -0.4 is 9.47 Å². The number of aliphatic carboxylic acids is 1. The Balaban J connectivity index is 1.80. The van der Waals surface area contributed by atoms with Gasteiger partial charge in [0.15, 0.2) is 17.5 Å². The minimum absolute atomic E-state index is 0.126. The van der Waals surface area contributed by atoms with Gasteiger partial charge in [-0.2, -0.15) is 0 Å². The zero-order valence-corrected chi connectivity index (χ0v) is 9.87. The lowest BCUT2D eigenvalue weighted by Crippen LogP contribution is -2.38. The molecule has 19 heavy (non-hydrogen) atoms. The number of rotatable bonds is 3. The van der Waals surface area contributed by atoms with Crippen LogP contribution in [0.4, 0.5) is 4.79 Å². The lowest BCUT2D eigenvalue weighted by molar-refractivity contribution is -0.141. The van der Waals surface area contributed by atoms with E-state index >= 15 is 0 Å². The van der Waals surface area contributed by atoms with Crippen molar-refractivity contribution in [3.05, 3.63) is 23.8 Å². The molecular weight excluding hydrogens is 254 g/mol. The van der Waals surface area contributed by atoms with Crippen LogP contribution in [0.3, 0.4) is 0 Å². The first-order valence-corrected chi connectivity index (χ1v) is 5.70. The number of carbonyl (C=O) groups excluding carboxylic acids is 1. The van der Waals surface area contributed by atoms with Crippen molar-refractivity contribution in [1.82, 2.24) is 4.90 Å². The number of hydrogen-bond donors (Lipinski definition) is 1. The summed E-state index contributed by atoms with van der Waals surface area (Å²) in [4.78, 5) is 23.7. The van der Waals surface area contributed by atoms with E-state index in [0.29, 0.717) is 11.5 Å². The van der Waals surface area contributed by atoms with Crippen LogP contribution in [0, 0.1) is 0 Å². The summed E-state index contributed by atoms with van der Waals surface area (Å²) in [6, 6.07) is 4.28. The van der Waals surface area contributed by atoms with E-state index in [1.807, 2.05) is 0 Å². The van der Waals surface area contributed by atoms with E-state index in [2.05, 4.69) is 0 Å². The van der Waals surface area contributed by atoms with Gasteiger partial charge in [0.1, 0.15) is 6.61 Å². The van der Waals surface area contributed by atoms with Gasteiger partial charge in [0.25, 0.3) is 0 Å². The van der Waals surface area contributed by atoms with Gasteiger partial charge < -0.3 is 19.3 Å². The molecule has 1 N–H and O–H groups in total. The van der Waals surface area contributed by atoms with Crippen LogP contribution in [0.1, 0.15) is 5.56 Å². The molecule has 2 heterocycles. The van der Waals surface area contributed by atoms with Crippen LogP contribution in [0.2, 0.25) is 0 Å². The van der Waals surface area contributed by atoms with Crippen LogP contribution in [0.25, 0.3) is 0 Å². The summed E-state index contributed by atoms with van der Waals surface area (Å²) in [5, 5.41) is 9.02. The average Bonchev–Trinajstić information content (AvgIpc) is 2.97. The summed E-state index contributed by atoms with van der Waals surface area (Å²) in [6.45, 7) is 0.202. The van der Waals surface area contributed by atoms with Crippen molar-refractivity contribution < 1.29 is 28.9 Å². The van der Waals surface area contributed by atoms with Crippen LogP contribution >= 0.6 is 0 Å². The van der Waals surface area contributed by atoms with Gasteiger partial charge in [-0.15, -0.1) is 0 Å². The molecule has 2 aliphatic rings. The van der Waals surface area contributed by atoms with Gasteiger partial charge in [-0.05, 0) is 17.7 Å². The Hall–Kier alpha value is -2.44. The summed E-state index contributed by atoms with van der Waals surface area (Å²) < 4.78 is 15.2. The van der Waals surface area contributed by atoms with Crippen LogP contribution in [0.15, 0.2) is 18.2 Å². The normalized spacial score (nSPS) is 20.5. The van der Waals surface area contributed by atoms with Gasteiger partial charge in [0.2, 0.25) is 6.79 Å². The lowest BCUT2D eigenvalue weighted by atomic mass is 10.1. The number of benzene rings is 1. The number of hydrogen-bond acceptors (Lipinski definition) is 5. The predicted molar refractivity (Wildman–Crippen MR) is 60.9 cm³/mol. The van der Waals surface area contributed by atoms with E-state index < -0.39 is 18.1 Å². The molecule has 0 aromatic heterocycles. The summed E-state index contributed by atoms with van der Waals surface area (Å²) in [7, 11) is 0. The third-order valence-electron chi connectivity index (χ3n) is 3.05. The molecule has 0 aliphatic carbocycles. The molecule has 1 aromatic rings. The van der Waals surface area contributed by atoms with Gasteiger partial charge in [0.05, 0.1) is 6.54 Å². The minimum Gasteiger partial charge on any atom is -0.480 e. The summed E-state index contributed by atoms with van der Waals surface area (Å²) in [6.07, 6.45) is -0.620. The average molecular weight is 265 g/mol. The standard InChI is InChI=1S/C12H11NO6/c14-11(15)8-5-17-12(16)13(8)4-7-1-2-9-10(3-7)19-6-18-9/h1-3,8H,4-6H2,(H,14,15). The van der Waals surface area contributed by atoms with E-state index in [0.717, 1.165) is 5.56 Å². The summed E-state index contributed by atoms with van der Waals surface area (Å²) in [5.74, 6) is 0.158. The fourth-order valence-corrected chi connectivity index (χ4v) is 2.07. The Kier molecular flexibility index (Phi) is 2.66. The molecule has 1 fully saturated rings. The molecule has 3 rings (SSSR count). The molecule has 7 heteroatoms. The van der Waals surface area contributed by atoms with Gasteiger partial charge in [-0.1, -0.05) is 6.07 Å². The van der Waals surface area contributed by atoms with E-state index in [9.17, 15) is 9.59 Å². The number of amides is 1. The van der Waals surface area contributed by atoms with Crippen molar-refractivity contribution in [3.63, 3.8) is 0 Å². The van der Waals surface area contributed by atoms with Crippen molar-refractivity contribution in [2.24, 2.45) is 0 Å². The van der Waals surface area contributed by atoms with Crippen molar-refractivity contribution in [1.29, 1.82) is 0 Å². The highest BCUT2D eigenvalue weighted by Crippen LogP contribution is 2.33. The van der Waals surface area contributed by atoms with Crippen molar-refractivity contribution >= 4 is 12.1 Å². The molecule has 0 radical (unpaired) electrons. The second-order valence-corrected chi connectivity index (χ2v) is 4.25. The number of carboxylic acid groups (broad SMARTS) is 1. The number of carbonyl (C=O) groups is 2. The first kappa shape index (κ1) is 11.6. The Morgan fingerprint density at radius 1 is 1.32 bits per heavy atom. The summed E-state index contributed by atoms with van der Waals surface area (Å²) >= 11 is 0. The molecule has 1 aromatic carbocycles. The highest BCUT2D eigenvalue weighted by Gasteiger charge is 2.38. The highest BCUT2D eigenvalue weighted by molar-refractivity contribution is 5.82. The number of cyclic esters (lactones) is 1. The number of carboxylic acids is 1. The monoisotopic (exact) mass is 265 g/mol. The molecule has 0 saturated carbocycles. The zero-order valence-electron chi connectivity index (χ0n) is 9.87. The molecule has 1 saturated heterocycles. The lowest BCUT2D eigenvalue weighted by Gasteiger charge is -2.18. The maximum atomic E-state index is 11.5. The predicted octanol–water partition coefficient (Wildman–Crippen LogP) is 0.821. The molecule has 100 valence electrons. The second-order valence-electron chi connectivity index (χ2n) is 4.25. The van der Waals surface area contributed by atoms with Crippen LogP contribution in [-0.2, 0) is 16.1 Å². The SMILES string of the molecule is O=C(O)C1COC(=O)N1Cc1ccc2c(c1)OCO2. The summed E-state index contributed by atoms with van der Waals surface area (Å²) in [5.41, 5.74) is 0.759. The third kappa shape index (κ3) is 2.03. The van der Waals surface area contributed by atoms with Crippen LogP contribution in [-0.4, -0.2) is 41.5 Å². The third-order valence-corrected chi connectivity index (χ3v) is 3.05. The molecule has 0 spiro atoms. The quantitative estimate of drug-likeness (QED) is 0.870. The minimum atomic E-state index is -1.08. The van der Waals surface area contributed by atoms with Crippen molar-refractivity contribution in [2.45, 2.75) is 12.6 Å². The molecular formula is C12H11NO6. The molecule has 1 amide bonds. The molecule has 7 nitrogen and oxygen atoms in total. The van der Waals surface area contributed by atoms with Crippen molar-refractivity contribution in [2.75, 3.05) is 13.4 Å². The van der Waals surface area contributed by atoms with Crippen LogP contribution in [0.5, 0.6) is 11.5 Å². The highest BCUT2D eigenvalue weighted by atomic mass is 16.7. The number of fused-ring (bicyclic) bond motifs is 1. The first-order valence-electron chi connectivity index (χ1n) is 5.70. The molecule has 2 aliphatic heterocycles. The molecule has 1 atom stereocenters. The number of ether oxygens (including phenoxy) is 3. The maximum absolute atomic E-state index is 11.5. The molecule has 1 unspecified atom stereocenters. The Bertz CT molecular complexity index is 543. The fraction of sp³-hybridized carbons (Fsp3) is 0.333.